The Labute approximate surface area is 196 Å². The third kappa shape index (κ3) is 6.30. The lowest BCUT2D eigenvalue weighted by molar-refractivity contribution is -0.140. The topological polar surface area (TPSA) is 96.4 Å². The molecule has 1 saturated carbocycles. The fourth-order valence-electron chi connectivity index (χ4n) is 4.79. The Morgan fingerprint density at radius 3 is 2.94 bits per heavy atom. The molecular weight excluding hydrogens is 416 g/mol. The van der Waals surface area contributed by atoms with Gasteiger partial charge in [-0.3, -0.25) is 9.78 Å². The summed E-state index contributed by atoms with van der Waals surface area (Å²) >= 11 is 0. The molecule has 7 nitrogen and oxygen atoms in total. The third-order valence-electron chi connectivity index (χ3n) is 7.04. The largest absolute Gasteiger partial charge is 0.480 e. The van der Waals surface area contributed by atoms with Crippen molar-refractivity contribution in [3.05, 3.63) is 52.5 Å². The van der Waals surface area contributed by atoms with E-state index in [2.05, 4.69) is 27.8 Å². The number of carbonyl (C=O) groups is 1. The molecule has 1 aliphatic heterocycles. The van der Waals surface area contributed by atoms with Crippen molar-refractivity contribution in [1.82, 2.24) is 15.3 Å². The SMILES string of the molecule is Cc1ccnc(C)c1CN[C@@H](CCO[C@H]1C[C@@H](CCc2ccc3c(n2)NCCC3)C1)C(=O)O. The Kier molecular flexibility index (Phi) is 7.93. The zero-order chi connectivity index (χ0) is 23.2. The minimum absolute atomic E-state index is 0.255. The van der Waals surface area contributed by atoms with E-state index < -0.39 is 12.0 Å². The highest BCUT2D eigenvalue weighted by Gasteiger charge is 2.30. The van der Waals surface area contributed by atoms with Gasteiger partial charge < -0.3 is 20.5 Å². The molecule has 0 unspecified atom stereocenters. The van der Waals surface area contributed by atoms with Crippen molar-refractivity contribution in [2.24, 2.45) is 5.92 Å². The Balaban J connectivity index is 1.14. The number of nitrogens with one attached hydrogen (secondary N) is 2. The van der Waals surface area contributed by atoms with Gasteiger partial charge in [-0.1, -0.05) is 6.07 Å². The maximum Gasteiger partial charge on any atom is 0.320 e. The average molecular weight is 453 g/mol. The number of carboxylic acids is 1. The number of carboxylic acid groups (broad SMARTS) is 1. The van der Waals surface area contributed by atoms with Crippen LogP contribution < -0.4 is 10.6 Å². The van der Waals surface area contributed by atoms with E-state index in [0.717, 1.165) is 61.3 Å². The number of aliphatic carboxylic acids is 1. The fourth-order valence-corrected chi connectivity index (χ4v) is 4.79. The molecule has 7 heteroatoms. The molecule has 4 rings (SSSR count). The van der Waals surface area contributed by atoms with Crippen LogP contribution in [0.4, 0.5) is 5.82 Å². The summed E-state index contributed by atoms with van der Waals surface area (Å²) < 4.78 is 5.97. The highest BCUT2D eigenvalue weighted by molar-refractivity contribution is 5.73. The van der Waals surface area contributed by atoms with Crippen LogP contribution in [0.5, 0.6) is 0 Å². The van der Waals surface area contributed by atoms with Gasteiger partial charge in [0, 0.05) is 37.3 Å². The molecule has 0 saturated heterocycles. The van der Waals surface area contributed by atoms with Crippen LogP contribution in [0.1, 0.15) is 60.2 Å². The Bertz CT molecular complexity index is 938. The molecule has 1 aliphatic carbocycles. The van der Waals surface area contributed by atoms with Gasteiger partial charge in [-0.25, -0.2) is 4.98 Å². The first kappa shape index (κ1) is 23.6. The number of fused-ring (bicyclic) bond motifs is 1. The van der Waals surface area contributed by atoms with Crippen LogP contribution >= 0.6 is 0 Å². The molecule has 0 radical (unpaired) electrons. The smallest absolute Gasteiger partial charge is 0.320 e. The van der Waals surface area contributed by atoms with Crippen LogP contribution in [0.3, 0.4) is 0 Å². The van der Waals surface area contributed by atoms with Gasteiger partial charge in [-0.15, -0.1) is 0 Å². The number of hydrogen-bond donors (Lipinski definition) is 3. The highest BCUT2D eigenvalue weighted by atomic mass is 16.5. The van der Waals surface area contributed by atoms with Gasteiger partial charge >= 0.3 is 5.97 Å². The number of pyridine rings is 2. The van der Waals surface area contributed by atoms with Crippen LogP contribution in [0, 0.1) is 19.8 Å². The van der Waals surface area contributed by atoms with Crippen molar-refractivity contribution in [3.63, 3.8) is 0 Å². The zero-order valence-corrected chi connectivity index (χ0v) is 19.8. The standard InChI is InChI=1S/C26H36N4O3/c1-17-9-12-27-18(2)23(17)16-29-24(26(31)32)10-13-33-22-14-19(15-22)5-7-21-8-6-20-4-3-11-28-25(20)30-21/h6,8-9,12,19,22,24,29H,3-5,7,10-11,13-16H2,1-2H3,(H,28,30)(H,31,32)/t19-,22+,24-/m0/s1. The number of aromatic nitrogens is 2. The molecule has 2 aliphatic rings. The minimum atomic E-state index is -0.837. The van der Waals surface area contributed by atoms with Crippen LogP contribution in [0.2, 0.25) is 0 Å². The first-order valence-electron chi connectivity index (χ1n) is 12.2. The van der Waals surface area contributed by atoms with E-state index in [9.17, 15) is 9.90 Å². The second kappa shape index (κ2) is 11.1. The molecule has 33 heavy (non-hydrogen) atoms. The lowest BCUT2D eigenvalue weighted by Gasteiger charge is -2.35. The van der Waals surface area contributed by atoms with E-state index in [0.29, 0.717) is 25.5 Å². The molecule has 3 heterocycles. The maximum atomic E-state index is 11.7. The summed E-state index contributed by atoms with van der Waals surface area (Å²) in [6.45, 7) is 5.96. The summed E-state index contributed by atoms with van der Waals surface area (Å²) in [5.74, 6) is 0.908. The normalized spacial score (nSPS) is 20.4. The molecule has 1 atom stereocenters. The average Bonchev–Trinajstić information content (AvgIpc) is 2.77. The van der Waals surface area contributed by atoms with Crippen LogP contribution in [0.25, 0.3) is 0 Å². The molecule has 0 spiro atoms. The first-order chi connectivity index (χ1) is 16.0. The second-order valence-corrected chi connectivity index (χ2v) is 9.46. The summed E-state index contributed by atoms with van der Waals surface area (Å²) in [6.07, 6.45) is 9.06. The summed E-state index contributed by atoms with van der Waals surface area (Å²) in [5, 5.41) is 16.1. The minimum Gasteiger partial charge on any atom is -0.480 e. The predicted octanol–water partition coefficient (Wildman–Crippen LogP) is 3.81. The van der Waals surface area contributed by atoms with E-state index in [-0.39, 0.29) is 6.10 Å². The quantitative estimate of drug-likeness (QED) is 0.477. The van der Waals surface area contributed by atoms with Crippen LogP contribution in [-0.2, 0) is 28.9 Å². The van der Waals surface area contributed by atoms with E-state index in [1.807, 2.05) is 19.9 Å². The number of rotatable bonds is 11. The summed E-state index contributed by atoms with van der Waals surface area (Å²) in [4.78, 5) is 20.8. The summed E-state index contributed by atoms with van der Waals surface area (Å²) in [7, 11) is 0. The molecule has 0 aromatic carbocycles. The Morgan fingerprint density at radius 2 is 2.15 bits per heavy atom. The molecular formula is C26H36N4O3. The molecule has 3 N–H and O–H groups in total. The molecule has 2 aromatic rings. The lowest BCUT2D eigenvalue weighted by atomic mass is 9.79. The number of nitrogens with zero attached hydrogens (tertiary/aromatic N) is 2. The van der Waals surface area contributed by atoms with E-state index in [1.54, 1.807) is 6.20 Å². The number of hydrogen-bond acceptors (Lipinski definition) is 6. The summed E-state index contributed by atoms with van der Waals surface area (Å²) in [6, 6.07) is 5.73. The molecule has 1 fully saturated rings. The van der Waals surface area contributed by atoms with Gasteiger partial charge in [0.15, 0.2) is 0 Å². The molecule has 2 aromatic heterocycles. The monoisotopic (exact) mass is 452 g/mol. The van der Waals surface area contributed by atoms with Gasteiger partial charge in [0.2, 0.25) is 0 Å². The van der Waals surface area contributed by atoms with Gasteiger partial charge in [0.05, 0.1) is 6.10 Å². The van der Waals surface area contributed by atoms with Crippen molar-refractivity contribution < 1.29 is 14.6 Å². The number of anilines is 1. The predicted molar refractivity (Wildman–Crippen MR) is 128 cm³/mol. The first-order valence-corrected chi connectivity index (χ1v) is 12.2. The third-order valence-corrected chi connectivity index (χ3v) is 7.04. The van der Waals surface area contributed by atoms with Gasteiger partial charge in [-0.05, 0) is 93.5 Å². The molecule has 178 valence electrons. The number of ether oxygens (including phenoxy) is 1. The van der Waals surface area contributed by atoms with E-state index in [4.69, 9.17) is 9.72 Å². The molecule has 0 amide bonds. The Morgan fingerprint density at radius 1 is 1.30 bits per heavy atom. The zero-order valence-electron chi connectivity index (χ0n) is 19.8. The van der Waals surface area contributed by atoms with Crippen LogP contribution in [0.15, 0.2) is 24.4 Å². The van der Waals surface area contributed by atoms with E-state index in [1.165, 1.54) is 17.7 Å². The Hall–Kier alpha value is -2.51. The van der Waals surface area contributed by atoms with Crippen molar-refractivity contribution in [1.29, 1.82) is 0 Å². The highest BCUT2D eigenvalue weighted by Crippen LogP contribution is 2.34. The van der Waals surface area contributed by atoms with Crippen molar-refractivity contribution in [2.75, 3.05) is 18.5 Å². The van der Waals surface area contributed by atoms with Gasteiger partial charge in [0.1, 0.15) is 11.9 Å². The van der Waals surface area contributed by atoms with Crippen molar-refractivity contribution in [2.45, 2.75) is 77.5 Å². The van der Waals surface area contributed by atoms with Crippen molar-refractivity contribution in [3.8, 4) is 0 Å². The maximum absolute atomic E-state index is 11.7. The lowest BCUT2D eigenvalue weighted by Crippen LogP contribution is -2.39. The fraction of sp³-hybridized carbons (Fsp3) is 0.577. The number of aryl methyl sites for hydroxylation is 4. The van der Waals surface area contributed by atoms with Gasteiger partial charge in [0.25, 0.3) is 0 Å². The molecule has 0 bridgehead atoms. The summed E-state index contributed by atoms with van der Waals surface area (Å²) in [5.41, 5.74) is 5.63. The van der Waals surface area contributed by atoms with Gasteiger partial charge in [-0.2, -0.15) is 0 Å². The van der Waals surface area contributed by atoms with E-state index >= 15 is 0 Å². The van der Waals surface area contributed by atoms with Crippen molar-refractivity contribution >= 4 is 11.8 Å². The second-order valence-electron chi connectivity index (χ2n) is 9.46. The van der Waals surface area contributed by atoms with Crippen LogP contribution in [-0.4, -0.2) is 46.3 Å².